The van der Waals surface area contributed by atoms with Crippen molar-refractivity contribution in [3.63, 3.8) is 0 Å². The smallest absolute Gasteiger partial charge is 0.416 e. The molecule has 0 saturated carbocycles. The number of rotatable bonds is 7. The van der Waals surface area contributed by atoms with Gasteiger partial charge in [-0.2, -0.15) is 13.2 Å². The Hall–Kier alpha value is -2.30. The molecular weight excluding hydrogens is 433 g/mol. The molecule has 1 fully saturated rings. The Morgan fingerprint density at radius 3 is 2.39 bits per heavy atom. The van der Waals surface area contributed by atoms with Crippen LogP contribution in [0.15, 0.2) is 47.4 Å². The fourth-order valence-corrected chi connectivity index (χ4v) is 5.08. The monoisotopic (exact) mass is 458 g/mol. The summed E-state index contributed by atoms with van der Waals surface area (Å²) in [5.74, 6) is 0.618. The minimum atomic E-state index is -4.37. The second kappa shape index (κ2) is 9.46. The van der Waals surface area contributed by atoms with E-state index in [0.717, 1.165) is 12.1 Å². The van der Waals surface area contributed by atoms with Crippen molar-refractivity contribution < 1.29 is 31.1 Å². The van der Waals surface area contributed by atoms with Gasteiger partial charge in [0, 0.05) is 31.7 Å². The molecule has 1 aliphatic rings. The summed E-state index contributed by atoms with van der Waals surface area (Å²) in [6, 6.07) is 9.55. The number of ether oxygens (including phenoxy) is 2. The number of nitrogens with zero attached hydrogens (tertiary/aromatic N) is 1. The second-order valence-electron chi connectivity index (χ2n) is 7.39. The highest BCUT2D eigenvalue weighted by molar-refractivity contribution is 7.89. The molecule has 2 aromatic carbocycles. The number of hydrogen-bond donors (Lipinski definition) is 1. The van der Waals surface area contributed by atoms with Gasteiger partial charge in [0.15, 0.2) is 0 Å². The quantitative estimate of drug-likeness (QED) is 0.686. The highest BCUT2D eigenvalue weighted by atomic mass is 32.2. The first-order valence-electron chi connectivity index (χ1n) is 9.75. The van der Waals surface area contributed by atoms with Crippen LogP contribution >= 0.6 is 0 Å². The lowest BCUT2D eigenvalue weighted by atomic mass is 10.0. The Labute approximate surface area is 180 Å². The third kappa shape index (κ3) is 5.90. The summed E-state index contributed by atoms with van der Waals surface area (Å²) in [5.41, 5.74) is -0.0881. The third-order valence-electron chi connectivity index (χ3n) is 5.23. The SMILES string of the molecule is COc1ccc(OC)c(S(=O)(=O)NC2CCN(Cc3cccc(C(F)(F)F)c3)CC2)c1. The lowest BCUT2D eigenvalue weighted by Crippen LogP contribution is -2.44. The number of halogens is 3. The van der Waals surface area contributed by atoms with E-state index < -0.39 is 21.8 Å². The van der Waals surface area contributed by atoms with Gasteiger partial charge in [-0.3, -0.25) is 4.90 Å². The first-order chi connectivity index (χ1) is 14.6. The van der Waals surface area contributed by atoms with E-state index in [-0.39, 0.29) is 16.7 Å². The van der Waals surface area contributed by atoms with E-state index in [1.807, 2.05) is 4.90 Å². The summed E-state index contributed by atoms with van der Waals surface area (Å²) in [4.78, 5) is 2.02. The topological polar surface area (TPSA) is 67.9 Å². The van der Waals surface area contributed by atoms with E-state index in [9.17, 15) is 21.6 Å². The number of benzene rings is 2. The summed E-state index contributed by atoms with van der Waals surface area (Å²) in [6.07, 6.45) is -3.28. The molecule has 2 aromatic rings. The van der Waals surface area contributed by atoms with E-state index in [1.165, 1.54) is 32.4 Å². The first-order valence-corrected chi connectivity index (χ1v) is 11.2. The van der Waals surface area contributed by atoms with Gasteiger partial charge in [-0.05, 0) is 36.6 Å². The summed E-state index contributed by atoms with van der Waals surface area (Å²) in [5, 5.41) is 0. The molecule has 0 amide bonds. The van der Waals surface area contributed by atoms with Crippen LogP contribution < -0.4 is 14.2 Å². The predicted molar refractivity (Wildman–Crippen MR) is 110 cm³/mol. The average molecular weight is 459 g/mol. The van der Waals surface area contributed by atoms with Crippen molar-refractivity contribution in [1.82, 2.24) is 9.62 Å². The summed E-state index contributed by atoms with van der Waals surface area (Å²) >= 11 is 0. The highest BCUT2D eigenvalue weighted by Crippen LogP contribution is 2.31. The Kier molecular flexibility index (Phi) is 7.13. The first kappa shape index (κ1) is 23.4. The fraction of sp³-hybridized carbons (Fsp3) is 0.429. The molecule has 0 aliphatic carbocycles. The largest absolute Gasteiger partial charge is 0.497 e. The predicted octanol–water partition coefficient (Wildman–Crippen LogP) is 3.67. The van der Waals surface area contributed by atoms with Gasteiger partial charge in [-0.1, -0.05) is 18.2 Å². The van der Waals surface area contributed by atoms with Gasteiger partial charge in [-0.25, -0.2) is 13.1 Å². The zero-order valence-electron chi connectivity index (χ0n) is 17.3. The number of sulfonamides is 1. The molecule has 0 unspecified atom stereocenters. The summed E-state index contributed by atoms with van der Waals surface area (Å²) < 4.78 is 77.5. The van der Waals surface area contributed by atoms with Crippen molar-refractivity contribution in [2.75, 3.05) is 27.3 Å². The van der Waals surface area contributed by atoms with Crippen LogP contribution in [0.2, 0.25) is 0 Å². The number of nitrogens with one attached hydrogen (secondary N) is 1. The van der Waals surface area contributed by atoms with Crippen molar-refractivity contribution in [3.05, 3.63) is 53.6 Å². The maximum atomic E-state index is 12.9. The van der Waals surface area contributed by atoms with Gasteiger partial charge in [-0.15, -0.1) is 0 Å². The Balaban J connectivity index is 1.62. The van der Waals surface area contributed by atoms with E-state index in [1.54, 1.807) is 12.1 Å². The van der Waals surface area contributed by atoms with Crippen molar-refractivity contribution in [2.24, 2.45) is 0 Å². The maximum Gasteiger partial charge on any atom is 0.416 e. The van der Waals surface area contributed by atoms with E-state index in [0.29, 0.717) is 43.8 Å². The van der Waals surface area contributed by atoms with Gasteiger partial charge in [0.25, 0.3) is 0 Å². The molecule has 6 nitrogen and oxygen atoms in total. The van der Waals surface area contributed by atoms with Crippen molar-refractivity contribution in [1.29, 1.82) is 0 Å². The molecule has 0 radical (unpaired) electrons. The lowest BCUT2D eigenvalue weighted by Gasteiger charge is -2.32. The molecule has 3 rings (SSSR count). The normalized spacial score (nSPS) is 16.3. The molecule has 0 atom stereocenters. The third-order valence-corrected chi connectivity index (χ3v) is 6.77. The van der Waals surface area contributed by atoms with Crippen LogP contribution in [0.4, 0.5) is 13.2 Å². The zero-order valence-corrected chi connectivity index (χ0v) is 18.1. The number of piperidine rings is 1. The molecule has 1 saturated heterocycles. The molecule has 31 heavy (non-hydrogen) atoms. The number of methoxy groups -OCH3 is 2. The zero-order chi connectivity index (χ0) is 22.6. The van der Waals surface area contributed by atoms with Crippen LogP contribution in [0.25, 0.3) is 0 Å². The Morgan fingerprint density at radius 1 is 1.06 bits per heavy atom. The van der Waals surface area contributed by atoms with Gasteiger partial charge in [0.2, 0.25) is 10.0 Å². The second-order valence-corrected chi connectivity index (χ2v) is 9.07. The number of hydrogen-bond acceptors (Lipinski definition) is 5. The molecule has 170 valence electrons. The van der Waals surface area contributed by atoms with Crippen LogP contribution in [-0.2, 0) is 22.7 Å². The highest BCUT2D eigenvalue weighted by Gasteiger charge is 2.31. The minimum absolute atomic E-state index is 0.000690. The fourth-order valence-electron chi connectivity index (χ4n) is 3.59. The molecular formula is C21H25F3N2O4S. The maximum absolute atomic E-state index is 12.9. The average Bonchev–Trinajstić information content (AvgIpc) is 2.74. The lowest BCUT2D eigenvalue weighted by molar-refractivity contribution is -0.137. The van der Waals surface area contributed by atoms with Crippen molar-refractivity contribution in [2.45, 2.75) is 36.5 Å². The summed E-state index contributed by atoms with van der Waals surface area (Å²) in [7, 11) is -0.986. The van der Waals surface area contributed by atoms with Gasteiger partial charge in [0.05, 0.1) is 19.8 Å². The Morgan fingerprint density at radius 2 is 1.77 bits per heavy atom. The molecule has 1 aliphatic heterocycles. The number of likely N-dealkylation sites (tertiary alicyclic amines) is 1. The number of alkyl halides is 3. The van der Waals surface area contributed by atoms with Crippen molar-refractivity contribution in [3.8, 4) is 11.5 Å². The standard InChI is InChI=1S/C21H25F3N2O4S/c1-29-18-6-7-19(30-2)20(13-18)31(27,28)25-17-8-10-26(11-9-17)14-15-4-3-5-16(12-15)21(22,23)24/h3-7,12-13,17,25H,8-11,14H2,1-2H3. The molecule has 0 spiro atoms. The minimum Gasteiger partial charge on any atom is -0.497 e. The van der Waals surface area contributed by atoms with Gasteiger partial charge >= 0.3 is 6.18 Å². The Bertz CT molecular complexity index is 1000. The van der Waals surface area contributed by atoms with E-state index in [2.05, 4.69) is 4.72 Å². The van der Waals surface area contributed by atoms with Crippen molar-refractivity contribution >= 4 is 10.0 Å². The van der Waals surface area contributed by atoms with E-state index >= 15 is 0 Å². The molecule has 0 aromatic heterocycles. The molecule has 1 heterocycles. The van der Waals surface area contributed by atoms with Crippen LogP contribution in [0.5, 0.6) is 11.5 Å². The van der Waals surface area contributed by atoms with Crippen LogP contribution in [-0.4, -0.2) is 46.7 Å². The molecule has 10 heteroatoms. The van der Waals surface area contributed by atoms with E-state index in [4.69, 9.17) is 9.47 Å². The summed E-state index contributed by atoms with van der Waals surface area (Å²) in [6.45, 7) is 1.52. The van der Waals surface area contributed by atoms with Gasteiger partial charge < -0.3 is 9.47 Å². The molecule has 0 bridgehead atoms. The van der Waals surface area contributed by atoms with Gasteiger partial charge in [0.1, 0.15) is 16.4 Å². The van der Waals surface area contributed by atoms with Crippen LogP contribution in [0.1, 0.15) is 24.0 Å². The molecule has 1 N–H and O–H groups in total. The van der Waals surface area contributed by atoms with Crippen LogP contribution in [0, 0.1) is 0 Å². The van der Waals surface area contributed by atoms with Crippen LogP contribution in [0.3, 0.4) is 0 Å².